The first-order valence-electron chi connectivity index (χ1n) is 10.5. The Morgan fingerprint density at radius 2 is 1.67 bits per heavy atom. The fourth-order valence-corrected chi connectivity index (χ4v) is 4.09. The number of hydrogen-bond donors (Lipinski definition) is 0. The van der Waals surface area contributed by atoms with Gasteiger partial charge in [-0.25, -0.2) is 0 Å². The van der Waals surface area contributed by atoms with Crippen LogP contribution in [0.1, 0.15) is 29.5 Å². The summed E-state index contributed by atoms with van der Waals surface area (Å²) < 4.78 is 16.1. The lowest BCUT2D eigenvalue weighted by molar-refractivity contribution is -0.133. The van der Waals surface area contributed by atoms with Crippen LogP contribution in [0.3, 0.4) is 0 Å². The average Bonchev–Trinajstić information content (AvgIpc) is 3.63. The average molecular weight is 411 g/mol. The summed E-state index contributed by atoms with van der Waals surface area (Å²) in [6.07, 6.45) is 3.18. The summed E-state index contributed by atoms with van der Waals surface area (Å²) in [6, 6.07) is 12.7. The zero-order chi connectivity index (χ0) is 21.1. The zero-order valence-corrected chi connectivity index (χ0v) is 18.0. The number of hydrogen-bond acceptors (Lipinski definition) is 5. The van der Waals surface area contributed by atoms with Crippen LogP contribution in [0, 0.1) is 0 Å². The minimum atomic E-state index is 0.191. The van der Waals surface area contributed by atoms with Gasteiger partial charge in [-0.2, -0.15) is 0 Å². The van der Waals surface area contributed by atoms with Crippen LogP contribution in [0.15, 0.2) is 36.4 Å². The molecule has 1 saturated carbocycles. The lowest BCUT2D eigenvalue weighted by atomic mass is 9.98. The molecule has 0 unspecified atom stereocenters. The Morgan fingerprint density at radius 3 is 2.27 bits per heavy atom. The molecule has 30 heavy (non-hydrogen) atoms. The fraction of sp³-hybridized carbons (Fsp3) is 0.458. The molecule has 2 aliphatic rings. The summed E-state index contributed by atoms with van der Waals surface area (Å²) in [5.41, 5.74) is 3.57. The Balaban J connectivity index is 1.42. The number of nitrogens with zero attached hydrogens (tertiary/aromatic N) is 2. The minimum absolute atomic E-state index is 0.191. The van der Waals surface area contributed by atoms with Crippen LogP contribution in [0.25, 0.3) is 0 Å². The number of fused-ring (bicyclic) bond motifs is 1. The van der Waals surface area contributed by atoms with Gasteiger partial charge in [0.2, 0.25) is 5.91 Å². The minimum Gasteiger partial charge on any atom is -0.497 e. The van der Waals surface area contributed by atoms with Crippen molar-refractivity contribution in [3.05, 3.63) is 53.1 Å². The number of amides is 1. The van der Waals surface area contributed by atoms with Gasteiger partial charge in [0.15, 0.2) is 11.5 Å². The number of rotatable bonds is 8. The van der Waals surface area contributed by atoms with Crippen molar-refractivity contribution in [2.45, 2.75) is 38.4 Å². The Morgan fingerprint density at radius 1 is 1.00 bits per heavy atom. The summed E-state index contributed by atoms with van der Waals surface area (Å²) in [4.78, 5) is 17.4. The SMILES string of the molecule is COc1ccc(CN(CC(=O)N2CCc3cc(OC)c(OC)cc3C2)C2CC2)cc1. The lowest BCUT2D eigenvalue weighted by Crippen LogP contribution is -2.43. The largest absolute Gasteiger partial charge is 0.497 e. The van der Waals surface area contributed by atoms with E-state index in [1.807, 2.05) is 29.2 Å². The molecule has 1 heterocycles. The molecule has 160 valence electrons. The summed E-state index contributed by atoms with van der Waals surface area (Å²) in [5.74, 6) is 2.50. The van der Waals surface area contributed by atoms with Gasteiger partial charge in [0.1, 0.15) is 5.75 Å². The number of benzene rings is 2. The molecule has 0 bridgehead atoms. The topological polar surface area (TPSA) is 51.2 Å². The van der Waals surface area contributed by atoms with Gasteiger partial charge in [-0.1, -0.05) is 12.1 Å². The molecule has 2 aromatic rings. The third-order valence-electron chi connectivity index (χ3n) is 6.02. The zero-order valence-electron chi connectivity index (χ0n) is 18.0. The van der Waals surface area contributed by atoms with Crippen LogP contribution in [-0.2, 0) is 24.3 Å². The maximum absolute atomic E-state index is 13.1. The van der Waals surface area contributed by atoms with E-state index in [9.17, 15) is 4.79 Å². The number of carbonyl (C=O) groups excluding carboxylic acids is 1. The first kappa shape index (κ1) is 20.5. The highest BCUT2D eigenvalue weighted by atomic mass is 16.5. The highest BCUT2D eigenvalue weighted by Gasteiger charge is 2.32. The summed E-state index contributed by atoms with van der Waals surface area (Å²) in [5, 5.41) is 0. The third-order valence-corrected chi connectivity index (χ3v) is 6.02. The molecular weight excluding hydrogens is 380 g/mol. The van der Waals surface area contributed by atoms with E-state index < -0.39 is 0 Å². The molecule has 0 N–H and O–H groups in total. The molecule has 0 atom stereocenters. The second-order valence-corrected chi connectivity index (χ2v) is 8.03. The normalized spacial score (nSPS) is 15.7. The second-order valence-electron chi connectivity index (χ2n) is 8.03. The van der Waals surface area contributed by atoms with Crippen molar-refractivity contribution >= 4 is 5.91 Å². The third kappa shape index (κ3) is 4.54. The van der Waals surface area contributed by atoms with Crippen molar-refractivity contribution in [1.82, 2.24) is 9.80 Å². The molecule has 0 radical (unpaired) electrons. The number of ether oxygens (including phenoxy) is 3. The van der Waals surface area contributed by atoms with Gasteiger partial charge in [-0.05, 0) is 60.2 Å². The molecule has 0 spiro atoms. The molecule has 1 aliphatic heterocycles. The van der Waals surface area contributed by atoms with Gasteiger partial charge in [-0.3, -0.25) is 9.69 Å². The van der Waals surface area contributed by atoms with Gasteiger partial charge >= 0.3 is 0 Å². The van der Waals surface area contributed by atoms with E-state index in [0.29, 0.717) is 24.9 Å². The van der Waals surface area contributed by atoms with Crippen LogP contribution in [0.4, 0.5) is 0 Å². The molecule has 1 aliphatic carbocycles. The van der Waals surface area contributed by atoms with E-state index in [2.05, 4.69) is 17.0 Å². The van der Waals surface area contributed by atoms with Crippen molar-refractivity contribution in [3.8, 4) is 17.2 Å². The van der Waals surface area contributed by atoms with Crippen LogP contribution in [0.2, 0.25) is 0 Å². The highest BCUT2D eigenvalue weighted by Crippen LogP contribution is 2.34. The van der Waals surface area contributed by atoms with Crippen LogP contribution < -0.4 is 14.2 Å². The summed E-state index contributed by atoms with van der Waals surface area (Å²) in [7, 11) is 4.97. The van der Waals surface area contributed by atoms with Crippen molar-refractivity contribution in [2.75, 3.05) is 34.4 Å². The lowest BCUT2D eigenvalue weighted by Gasteiger charge is -2.32. The van der Waals surface area contributed by atoms with Gasteiger partial charge in [0, 0.05) is 25.7 Å². The Hall–Kier alpha value is -2.73. The van der Waals surface area contributed by atoms with Crippen LogP contribution >= 0.6 is 0 Å². The first-order chi connectivity index (χ1) is 14.6. The number of methoxy groups -OCH3 is 3. The van der Waals surface area contributed by atoms with Crippen molar-refractivity contribution < 1.29 is 19.0 Å². The van der Waals surface area contributed by atoms with E-state index in [4.69, 9.17) is 14.2 Å². The maximum atomic E-state index is 13.1. The van der Waals surface area contributed by atoms with Crippen molar-refractivity contribution in [2.24, 2.45) is 0 Å². The van der Waals surface area contributed by atoms with E-state index >= 15 is 0 Å². The van der Waals surface area contributed by atoms with E-state index in [1.54, 1.807) is 21.3 Å². The second kappa shape index (κ2) is 8.96. The van der Waals surface area contributed by atoms with Gasteiger partial charge < -0.3 is 19.1 Å². The standard InChI is InChI=1S/C24H30N2O4/c1-28-21-8-4-17(5-9-21)14-26(20-6-7-20)16-24(27)25-11-10-18-12-22(29-2)23(30-3)13-19(18)15-25/h4-5,8-9,12-13,20H,6-7,10-11,14-16H2,1-3H3. The molecule has 6 heteroatoms. The highest BCUT2D eigenvalue weighted by molar-refractivity contribution is 5.78. The maximum Gasteiger partial charge on any atom is 0.237 e. The van der Waals surface area contributed by atoms with Gasteiger partial charge in [0.05, 0.1) is 27.9 Å². The molecular formula is C24H30N2O4. The van der Waals surface area contributed by atoms with Gasteiger partial charge in [0.25, 0.3) is 0 Å². The molecule has 4 rings (SSSR count). The molecule has 1 amide bonds. The summed E-state index contributed by atoms with van der Waals surface area (Å²) in [6.45, 7) is 2.60. The molecule has 0 saturated heterocycles. The Labute approximate surface area is 178 Å². The van der Waals surface area contributed by atoms with Crippen molar-refractivity contribution in [3.63, 3.8) is 0 Å². The van der Waals surface area contributed by atoms with Gasteiger partial charge in [-0.15, -0.1) is 0 Å². The van der Waals surface area contributed by atoms with E-state index in [1.165, 1.54) is 24.0 Å². The van der Waals surface area contributed by atoms with E-state index in [0.717, 1.165) is 36.6 Å². The molecule has 2 aromatic carbocycles. The fourth-order valence-electron chi connectivity index (χ4n) is 4.09. The quantitative estimate of drug-likeness (QED) is 0.669. The Kier molecular flexibility index (Phi) is 6.13. The monoisotopic (exact) mass is 410 g/mol. The molecule has 1 fully saturated rings. The predicted molar refractivity (Wildman–Crippen MR) is 115 cm³/mol. The van der Waals surface area contributed by atoms with Crippen LogP contribution in [0.5, 0.6) is 17.2 Å². The Bertz CT molecular complexity index is 893. The molecule has 0 aromatic heterocycles. The smallest absolute Gasteiger partial charge is 0.237 e. The van der Waals surface area contributed by atoms with Crippen LogP contribution in [-0.4, -0.2) is 56.2 Å². The van der Waals surface area contributed by atoms with Crippen molar-refractivity contribution in [1.29, 1.82) is 0 Å². The van der Waals surface area contributed by atoms with E-state index in [-0.39, 0.29) is 5.91 Å². The summed E-state index contributed by atoms with van der Waals surface area (Å²) >= 11 is 0. The first-order valence-corrected chi connectivity index (χ1v) is 10.5. The predicted octanol–water partition coefficient (Wildman–Crippen LogP) is 3.26. The number of carbonyl (C=O) groups is 1. The molecule has 6 nitrogen and oxygen atoms in total.